The van der Waals surface area contributed by atoms with E-state index in [0.717, 1.165) is 16.9 Å². The summed E-state index contributed by atoms with van der Waals surface area (Å²) in [7, 11) is 0. The zero-order valence-corrected chi connectivity index (χ0v) is 11.8. The molecular weight excluding hydrogens is 266 g/mol. The van der Waals surface area contributed by atoms with Crippen LogP contribution in [0.1, 0.15) is 25.2 Å². The molecule has 0 spiro atoms. The fourth-order valence-corrected chi connectivity index (χ4v) is 2.21. The summed E-state index contributed by atoms with van der Waals surface area (Å²) in [5.74, 6) is 0.767. The van der Waals surface area contributed by atoms with Gasteiger partial charge in [-0.15, -0.1) is 0 Å². The molecule has 0 aliphatic heterocycles. The second kappa shape index (κ2) is 5.78. The molecule has 21 heavy (non-hydrogen) atoms. The molecular formula is C15H17N5O. The van der Waals surface area contributed by atoms with Gasteiger partial charge in [-0.1, -0.05) is 12.1 Å². The van der Waals surface area contributed by atoms with E-state index in [1.807, 2.05) is 42.0 Å². The van der Waals surface area contributed by atoms with E-state index in [0.29, 0.717) is 13.0 Å². The molecule has 0 saturated heterocycles. The number of nitrogens with zero attached hydrogens (tertiary/aromatic N) is 3. The van der Waals surface area contributed by atoms with Gasteiger partial charge in [0.2, 0.25) is 5.91 Å². The Balaban J connectivity index is 1.60. The summed E-state index contributed by atoms with van der Waals surface area (Å²) in [5, 5.41) is 2.95. The molecule has 3 rings (SSSR count). The number of imidazole rings is 2. The Morgan fingerprint density at radius 3 is 3.05 bits per heavy atom. The second-order valence-corrected chi connectivity index (χ2v) is 4.98. The van der Waals surface area contributed by atoms with Crippen LogP contribution in [0.25, 0.3) is 11.0 Å². The fraction of sp³-hybridized carbons (Fsp3) is 0.267. The molecule has 0 aliphatic carbocycles. The average molecular weight is 283 g/mol. The number of aromatic nitrogens is 4. The summed E-state index contributed by atoms with van der Waals surface area (Å²) in [6.45, 7) is 2.55. The monoisotopic (exact) mass is 283 g/mol. The third-order valence-corrected chi connectivity index (χ3v) is 3.35. The molecule has 6 heteroatoms. The second-order valence-electron chi connectivity index (χ2n) is 4.98. The number of nitrogens with one attached hydrogen (secondary N) is 2. The van der Waals surface area contributed by atoms with Crippen LogP contribution in [0.5, 0.6) is 0 Å². The highest BCUT2D eigenvalue weighted by atomic mass is 16.1. The summed E-state index contributed by atoms with van der Waals surface area (Å²) in [5.41, 5.74) is 1.89. The predicted octanol–water partition coefficient (Wildman–Crippen LogP) is 2.03. The first-order valence-electron chi connectivity index (χ1n) is 6.92. The SMILES string of the molecule is CC(NC(=O)CCn1ccnc1)c1nc2ccccc2[nH]1. The number of carbonyl (C=O) groups is 1. The number of carbonyl (C=O) groups excluding carboxylic acids is 1. The Bertz CT molecular complexity index is 698. The van der Waals surface area contributed by atoms with Crippen LogP contribution < -0.4 is 5.32 Å². The zero-order chi connectivity index (χ0) is 14.7. The fourth-order valence-electron chi connectivity index (χ4n) is 2.21. The maximum absolute atomic E-state index is 12.0. The van der Waals surface area contributed by atoms with Crippen molar-refractivity contribution >= 4 is 16.9 Å². The standard InChI is InChI=1S/C15H17N5O/c1-11(15-18-12-4-2-3-5-13(12)19-15)17-14(21)6-8-20-9-7-16-10-20/h2-5,7,9-11H,6,8H2,1H3,(H,17,21)(H,18,19). The number of fused-ring (bicyclic) bond motifs is 1. The van der Waals surface area contributed by atoms with E-state index in [4.69, 9.17) is 0 Å². The summed E-state index contributed by atoms with van der Waals surface area (Å²) in [6.07, 6.45) is 5.67. The van der Waals surface area contributed by atoms with Gasteiger partial charge in [0.15, 0.2) is 0 Å². The van der Waals surface area contributed by atoms with Gasteiger partial charge in [-0.25, -0.2) is 9.97 Å². The van der Waals surface area contributed by atoms with E-state index >= 15 is 0 Å². The van der Waals surface area contributed by atoms with Gasteiger partial charge < -0.3 is 14.9 Å². The lowest BCUT2D eigenvalue weighted by atomic mass is 10.3. The lowest BCUT2D eigenvalue weighted by molar-refractivity contribution is -0.122. The predicted molar refractivity (Wildman–Crippen MR) is 79.5 cm³/mol. The highest BCUT2D eigenvalue weighted by Crippen LogP contribution is 2.15. The Morgan fingerprint density at radius 1 is 1.43 bits per heavy atom. The molecule has 2 heterocycles. The smallest absolute Gasteiger partial charge is 0.222 e. The van der Waals surface area contributed by atoms with Crippen LogP contribution in [0.3, 0.4) is 0 Å². The molecule has 6 nitrogen and oxygen atoms in total. The van der Waals surface area contributed by atoms with Crippen molar-refractivity contribution in [2.45, 2.75) is 25.9 Å². The molecule has 3 aromatic rings. The van der Waals surface area contributed by atoms with E-state index in [2.05, 4.69) is 20.3 Å². The Morgan fingerprint density at radius 2 is 2.29 bits per heavy atom. The summed E-state index contributed by atoms with van der Waals surface area (Å²) in [4.78, 5) is 23.6. The number of amides is 1. The van der Waals surface area contributed by atoms with Gasteiger partial charge in [0.1, 0.15) is 5.82 Å². The van der Waals surface area contributed by atoms with Crippen LogP contribution in [0.15, 0.2) is 43.0 Å². The van der Waals surface area contributed by atoms with Crippen molar-refractivity contribution in [1.29, 1.82) is 0 Å². The molecule has 1 unspecified atom stereocenters. The number of H-pyrrole nitrogens is 1. The highest BCUT2D eigenvalue weighted by Gasteiger charge is 2.13. The first kappa shape index (κ1) is 13.4. The first-order chi connectivity index (χ1) is 10.2. The van der Waals surface area contributed by atoms with Gasteiger partial charge in [-0.3, -0.25) is 4.79 Å². The van der Waals surface area contributed by atoms with E-state index in [1.54, 1.807) is 12.5 Å². The number of aromatic amines is 1. The molecule has 1 aromatic carbocycles. The Kier molecular flexibility index (Phi) is 3.68. The minimum absolute atomic E-state index is 0.00310. The third kappa shape index (κ3) is 3.10. The van der Waals surface area contributed by atoms with E-state index in [-0.39, 0.29) is 11.9 Å². The number of para-hydroxylation sites is 2. The largest absolute Gasteiger partial charge is 0.346 e. The lowest BCUT2D eigenvalue weighted by Gasteiger charge is -2.11. The minimum Gasteiger partial charge on any atom is -0.346 e. The van der Waals surface area contributed by atoms with Crippen LogP contribution in [0.4, 0.5) is 0 Å². The average Bonchev–Trinajstić information content (AvgIpc) is 3.14. The molecule has 0 fully saturated rings. The molecule has 108 valence electrons. The maximum Gasteiger partial charge on any atom is 0.222 e. The molecule has 1 amide bonds. The number of benzene rings is 1. The normalized spacial score (nSPS) is 12.4. The van der Waals surface area contributed by atoms with Crippen molar-refractivity contribution in [3.05, 3.63) is 48.8 Å². The summed E-state index contributed by atoms with van der Waals surface area (Å²) >= 11 is 0. The van der Waals surface area contributed by atoms with E-state index in [9.17, 15) is 4.79 Å². The third-order valence-electron chi connectivity index (χ3n) is 3.35. The topological polar surface area (TPSA) is 75.6 Å². The van der Waals surface area contributed by atoms with Crippen molar-refractivity contribution < 1.29 is 4.79 Å². The van der Waals surface area contributed by atoms with E-state index in [1.165, 1.54) is 0 Å². The van der Waals surface area contributed by atoms with Crippen molar-refractivity contribution in [3.8, 4) is 0 Å². The van der Waals surface area contributed by atoms with Crippen molar-refractivity contribution in [2.24, 2.45) is 0 Å². The molecule has 0 aliphatic rings. The van der Waals surface area contributed by atoms with Crippen LogP contribution >= 0.6 is 0 Å². The summed E-state index contributed by atoms with van der Waals surface area (Å²) < 4.78 is 1.88. The highest BCUT2D eigenvalue weighted by molar-refractivity contribution is 5.77. The zero-order valence-electron chi connectivity index (χ0n) is 11.8. The number of aryl methyl sites for hydroxylation is 1. The van der Waals surface area contributed by atoms with Crippen LogP contribution in [-0.2, 0) is 11.3 Å². The van der Waals surface area contributed by atoms with Gasteiger partial charge in [0.25, 0.3) is 0 Å². The van der Waals surface area contributed by atoms with Gasteiger partial charge in [0, 0.05) is 25.4 Å². The first-order valence-corrected chi connectivity index (χ1v) is 6.92. The molecule has 1 atom stereocenters. The molecule has 2 aromatic heterocycles. The quantitative estimate of drug-likeness (QED) is 0.752. The van der Waals surface area contributed by atoms with Gasteiger partial charge in [0.05, 0.1) is 23.4 Å². The van der Waals surface area contributed by atoms with Crippen LogP contribution in [0, 0.1) is 0 Å². The molecule has 2 N–H and O–H groups in total. The van der Waals surface area contributed by atoms with Crippen molar-refractivity contribution in [2.75, 3.05) is 0 Å². The van der Waals surface area contributed by atoms with Crippen LogP contribution in [0.2, 0.25) is 0 Å². The Hall–Kier alpha value is -2.63. The summed E-state index contributed by atoms with van der Waals surface area (Å²) in [6, 6.07) is 7.68. The lowest BCUT2D eigenvalue weighted by Crippen LogP contribution is -2.28. The maximum atomic E-state index is 12.0. The van der Waals surface area contributed by atoms with Gasteiger partial charge in [-0.2, -0.15) is 0 Å². The van der Waals surface area contributed by atoms with Crippen molar-refractivity contribution in [1.82, 2.24) is 24.8 Å². The minimum atomic E-state index is -0.146. The molecule has 0 saturated carbocycles. The van der Waals surface area contributed by atoms with Crippen molar-refractivity contribution in [3.63, 3.8) is 0 Å². The van der Waals surface area contributed by atoms with Crippen LogP contribution in [-0.4, -0.2) is 25.4 Å². The Labute approximate surface area is 122 Å². The number of rotatable bonds is 5. The molecule has 0 bridgehead atoms. The molecule has 0 radical (unpaired) electrons. The number of hydrogen-bond donors (Lipinski definition) is 2. The van der Waals surface area contributed by atoms with Gasteiger partial charge in [-0.05, 0) is 19.1 Å². The number of hydrogen-bond acceptors (Lipinski definition) is 3. The van der Waals surface area contributed by atoms with E-state index < -0.39 is 0 Å². The van der Waals surface area contributed by atoms with Gasteiger partial charge >= 0.3 is 0 Å².